The number of para-hydroxylation sites is 2. The zero-order chi connectivity index (χ0) is 18.6. The minimum absolute atomic E-state index is 0.106. The molecule has 2 rings (SSSR count). The molecule has 26 heavy (non-hydrogen) atoms. The van der Waals surface area contributed by atoms with Crippen LogP contribution in [0.2, 0.25) is 0 Å². The Kier molecular flexibility index (Phi) is 7.68. The lowest BCUT2D eigenvalue weighted by molar-refractivity contribution is -0.119. The molecule has 0 bridgehead atoms. The number of anilines is 1. The third-order valence-electron chi connectivity index (χ3n) is 3.44. The number of nitrogens with zero attached hydrogens (tertiary/aromatic N) is 1. The average molecular weight is 349 g/mol. The van der Waals surface area contributed by atoms with Crippen LogP contribution in [-0.4, -0.2) is 25.3 Å². The molecule has 0 heterocycles. The van der Waals surface area contributed by atoms with Gasteiger partial charge in [0.25, 0.3) is 5.91 Å². The largest absolute Gasteiger partial charge is 0.495 e. The van der Waals surface area contributed by atoms with Gasteiger partial charge in [0.05, 0.1) is 25.1 Å². The molecule has 134 valence electrons. The van der Waals surface area contributed by atoms with Crippen molar-refractivity contribution in [2.24, 2.45) is 5.10 Å². The Balaban J connectivity index is 1.77. The second-order valence-corrected chi connectivity index (χ2v) is 5.47. The van der Waals surface area contributed by atoms with Gasteiger partial charge in [0, 0.05) is 0 Å². The van der Waals surface area contributed by atoms with Gasteiger partial charge in [-0.3, -0.25) is 4.79 Å². The monoisotopic (exact) mass is 349 g/mol. The molecule has 0 spiro atoms. The van der Waals surface area contributed by atoms with Crippen LogP contribution in [-0.2, 0) is 4.79 Å². The number of allylic oxidation sites excluding steroid dienone is 3. The number of carbonyl (C=O) groups excluding carboxylic acids is 1. The summed E-state index contributed by atoms with van der Waals surface area (Å²) in [6.07, 6.45) is 7.64. The minimum atomic E-state index is -0.233. The number of benzene rings is 2. The molecule has 5 heteroatoms. The van der Waals surface area contributed by atoms with Crippen molar-refractivity contribution in [1.29, 1.82) is 0 Å². The summed E-state index contributed by atoms with van der Waals surface area (Å²) in [5.74, 6) is 0.455. The van der Waals surface area contributed by atoms with Crippen molar-refractivity contribution >= 4 is 23.4 Å². The molecule has 5 nitrogen and oxygen atoms in total. The predicted molar refractivity (Wildman–Crippen MR) is 107 cm³/mol. The first-order valence-electron chi connectivity index (χ1n) is 8.29. The van der Waals surface area contributed by atoms with Gasteiger partial charge in [-0.15, -0.1) is 0 Å². The topological polar surface area (TPSA) is 62.7 Å². The van der Waals surface area contributed by atoms with Crippen molar-refractivity contribution in [3.05, 3.63) is 78.4 Å². The fourth-order valence-corrected chi connectivity index (χ4v) is 2.12. The van der Waals surface area contributed by atoms with Crippen molar-refractivity contribution in [2.45, 2.75) is 6.92 Å². The molecule has 2 aromatic carbocycles. The first kappa shape index (κ1) is 19.0. The summed E-state index contributed by atoms with van der Waals surface area (Å²) in [6.45, 7) is 1.93. The normalized spacial score (nSPS) is 11.7. The highest BCUT2D eigenvalue weighted by Crippen LogP contribution is 2.22. The van der Waals surface area contributed by atoms with E-state index in [-0.39, 0.29) is 12.5 Å². The molecule has 2 aromatic rings. The summed E-state index contributed by atoms with van der Waals surface area (Å²) in [7, 11) is 1.59. The van der Waals surface area contributed by atoms with Gasteiger partial charge in [-0.05, 0) is 30.7 Å². The van der Waals surface area contributed by atoms with E-state index in [4.69, 9.17) is 4.74 Å². The molecule has 0 radical (unpaired) electrons. The molecule has 2 N–H and O–H groups in total. The summed E-state index contributed by atoms with van der Waals surface area (Å²) in [5, 5.41) is 7.07. The van der Waals surface area contributed by atoms with E-state index in [1.54, 1.807) is 7.11 Å². The second kappa shape index (κ2) is 10.5. The fourth-order valence-electron chi connectivity index (χ4n) is 2.12. The summed E-state index contributed by atoms with van der Waals surface area (Å²) < 4.78 is 5.23. The van der Waals surface area contributed by atoms with Gasteiger partial charge in [-0.2, -0.15) is 5.10 Å². The summed E-state index contributed by atoms with van der Waals surface area (Å²) >= 11 is 0. The Morgan fingerprint density at radius 3 is 2.58 bits per heavy atom. The number of methoxy groups -OCH3 is 1. The zero-order valence-corrected chi connectivity index (χ0v) is 15.0. The van der Waals surface area contributed by atoms with Gasteiger partial charge in [-0.1, -0.05) is 60.7 Å². The Hall–Kier alpha value is -3.34. The number of rotatable bonds is 8. The van der Waals surface area contributed by atoms with E-state index in [9.17, 15) is 4.79 Å². The number of ether oxygens (including phenoxy) is 1. The van der Waals surface area contributed by atoms with E-state index in [0.717, 1.165) is 11.3 Å². The Morgan fingerprint density at radius 2 is 1.81 bits per heavy atom. The summed E-state index contributed by atoms with van der Waals surface area (Å²) in [4.78, 5) is 11.9. The van der Waals surface area contributed by atoms with Gasteiger partial charge >= 0.3 is 0 Å². The SMILES string of the molecule is COc1ccccc1NCC(=O)N\N=C(C)/C=C/C=C/c1ccccc1. The van der Waals surface area contributed by atoms with Crippen molar-refractivity contribution in [3.8, 4) is 5.75 Å². The van der Waals surface area contributed by atoms with Crippen LogP contribution in [0.4, 0.5) is 5.69 Å². The molecule has 1 amide bonds. The smallest absolute Gasteiger partial charge is 0.259 e. The van der Waals surface area contributed by atoms with E-state index in [0.29, 0.717) is 11.5 Å². The van der Waals surface area contributed by atoms with Crippen LogP contribution in [0.3, 0.4) is 0 Å². The van der Waals surface area contributed by atoms with Gasteiger partial charge in [0.1, 0.15) is 5.75 Å². The lowest BCUT2D eigenvalue weighted by atomic mass is 10.2. The zero-order valence-electron chi connectivity index (χ0n) is 15.0. The first-order valence-corrected chi connectivity index (χ1v) is 8.29. The van der Waals surface area contributed by atoms with Gasteiger partial charge in [-0.25, -0.2) is 5.43 Å². The maximum atomic E-state index is 11.9. The molecule has 0 unspecified atom stereocenters. The second-order valence-electron chi connectivity index (χ2n) is 5.47. The highest BCUT2D eigenvalue weighted by atomic mass is 16.5. The molecule has 0 atom stereocenters. The van der Waals surface area contributed by atoms with Crippen LogP contribution >= 0.6 is 0 Å². The third kappa shape index (κ3) is 6.65. The van der Waals surface area contributed by atoms with E-state index in [2.05, 4.69) is 15.8 Å². The minimum Gasteiger partial charge on any atom is -0.495 e. The molecule has 0 saturated heterocycles. The fraction of sp³-hybridized carbons (Fsp3) is 0.143. The third-order valence-corrected chi connectivity index (χ3v) is 3.44. The van der Waals surface area contributed by atoms with Crippen LogP contribution in [0.25, 0.3) is 6.08 Å². The highest BCUT2D eigenvalue weighted by Gasteiger charge is 2.03. The van der Waals surface area contributed by atoms with E-state index >= 15 is 0 Å². The molecular formula is C21H23N3O2. The molecule has 0 fully saturated rings. The van der Waals surface area contributed by atoms with Crippen molar-refractivity contribution in [1.82, 2.24) is 5.43 Å². The number of amides is 1. The standard InChI is InChI=1S/C21H23N3O2/c1-17(10-6-7-13-18-11-4-3-5-12-18)23-24-21(25)16-22-19-14-8-9-15-20(19)26-2/h3-15,22H,16H2,1-2H3,(H,24,25)/b10-6+,13-7+,23-17-. The van der Waals surface area contributed by atoms with E-state index < -0.39 is 0 Å². The highest BCUT2D eigenvalue weighted by molar-refractivity contribution is 5.94. The summed E-state index contributed by atoms with van der Waals surface area (Å²) in [5.41, 5.74) is 5.11. The molecule has 0 saturated carbocycles. The van der Waals surface area contributed by atoms with Gasteiger partial charge in [0.15, 0.2) is 0 Å². The quantitative estimate of drug-likeness (QED) is 0.432. The number of nitrogens with one attached hydrogen (secondary N) is 2. The molecule has 0 aliphatic carbocycles. The Labute approximate surface area is 154 Å². The lowest BCUT2D eigenvalue weighted by Crippen LogP contribution is -2.26. The Morgan fingerprint density at radius 1 is 1.08 bits per heavy atom. The molecule has 0 aliphatic heterocycles. The number of carbonyl (C=O) groups is 1. The molecule has 0 aromatic heterocycles. The van der Waals surface area contributed by atoms with Gasteiger partial charge in [0.2, 0.25) is 0 Å². The van der Waals surface area contributed by atoms with Crippen LogP contribution in [0.1, 0.15) is 12.5 Å². The van der Waals surface area contributed by atoms with Crippen LogP contribution in [0, 0.1) is 0 Å². The number of hydrogen-bond donors (Lipinski definition) is 2. The molecular weight excluding hydrogens is 326 g/mol. The Bertz CT molecular complexity index is 796. The van der Waals surface area contributed by atoms with Crippen LogP contribution in [0.15, 0.2) is 77.9 Å². The maximum absolute atomic E-state index is 11.9. The predicted octanol–water partition coefficient (Wildman–Crippen LogP) is 3.87. The number of hydrazone groups is 1. The van der Waals surface area contributed by atoms with E-state index in [1.807, 2.05) is 85.8 Å². The van der Waals surface area contributed by atoms with Crippen molar-refractivity contribution in [2.75, 3.05) is 19.0 Å². The number of hydrogen-bond acceptors (Lipinski definition) is 4. The van der Waals surface area contributed by atoms with Crippen molar-refractivity contribution in [3.63, 3.8) is 0 Å². The lowest BCUT2D eigenvalue weighted by Gasteiger charge is -2.09. The molecule has 0 aliphatic rings. The van der Waals surface area contributed by atoms with Gasteiger partial charge < -0.3 is 10.1 Å². The van der Waals surface area contributed by atoms with E-state index in [1.165, 1.54) is 0 Å². The first-order chi connectivity index (χ1) is 12.7. The average Bonchev–Trinajstić information content (AvgIpc) is 2.69. The maximum Gasteiger partial charge on any atom is 0.259 e. The summed E-state index contributed by atoms with van der Waals surface area (Å²) in [6, 6.07) is 17.4. The van der Waals surface area contributed by atoms with Crippen LogP contribution < -0.4 is 15.5 Å². The van der Waals surface area contributed by atoms with Crippen molar-refractivity contribution < 1.29 is 9.53 Å². The van der Waals surface area contributed by atoms with Crippen LogP contribution in [0.5, 0.6) is 5.75 Å².